The first-order valence-electron chi connectivity index (χ1n) is 4.90. The van der Waals surface area contributed by atoms with Crippen molar-refractivity contribution < 1.29 is 14.3 Å². The van der Waals surface area contributed by atoms with Crippen LogP contribution in [0.4, 0.5) is 4.39 Å². The maximum Gasteiger partial charge on any atom is 0.254 e. The van der Waals surface area contributed by atoms with E-state index >= 15 is 0 Å². The molecule has 0 spiro atoms. The molecular weight excluding hydrogens is 197 g/mol. The van der Waals surface area contributed by atoms with E-state index < -0.39 is 11.9 Å². The third-order valence-corrected chi connectivity index (χ3v) is 2.52. The van der Waals surface area contributed by atoms with Gasteiger partial charge in [-0.1, -0.05) is 6.07 Å². The van der Waals surface area contributed by atoms with E-state index in [1.807, 2.05) is 0 Å². The van der Waals surface area contributed by atoms with E-state index in [1.54, 1.807) is 11.0 Å². The summed E-state index contributed by atoms with van der Waals surface area (Å²) >= 11 is 0. The van der Waals surface area contributed by atoms with Gasteiger partial charge in [-0.2, -0.15) is 0 Å². The van der Waals surface area contributed by atoms with Crippen molar-refractivity contribution in [2.75, 3.05) is 13.1 Å². The molecule has 1 saturated heterocycles. The number of benzene rings is 1. The van der Waals surface area contributed by atoms with E-state index in [9.17, 15) is 14.3 Å². The second-order valence-electron chi connectivity index (χ2n) is 3.70. The number of aliphatic hydroxyl groups is 1. The Hall–Kier alpha value is -1.42. The quantitative estimate of drug-likeness (QED) is 0.750. The van der Waals surface area contributed by atoms with Gasteiger partial charge in [-0.3, -0.25) is 4.79 Å². The van der Waals surface area contributed by atoms with Gasteiger partial charge in [-0.25, -0.2) is 4.39 Å². The Morgan fingerprint density at radius 2 is 2.33 bits per heavy atom. The van der Waals surface area contributed by atoms with Crippen LogP contribution >= 0.6 is 0 Å². The summed E-state index contributed by atoms with van der Waals surface area (Å²) in [5.74, 6) is -0.633. The lowest BCUT2D eigenvalue weighted by Crippen LogP contribution is -2.29. The van der Waals surface area contributed by atoms with Gasteiger partial charge in [-0.15, -0.1) is 0 Å². The second kappa shape index (κ2) is 3.98. The van der Waals surface area contributed by atoms with Crippen LogP contribution in [0, 0.1) is 5.82 Å². The fraction of sp³-hybridized carbons (Fsp3) is 0.364. The number of aliphatic hydroxyl groups excluding tert-OH is 1. The van der Waals surface area contributed by atoms with Crippen LogP contribution in [0.5, 0.6) is 0 Å². The first-order chi connectivity index (χ1) is 7.16. The molecule has 2 rings (SSSR count). The van der Waals surface area contributed by atoms with Gasteiger partial charge in [0.1, 0.15) is 5.82 Å². The average molecular weight is 209 g/mol. The summed E-state index contributed by atoms with van der Waals surface area (Å²) in [6.07, 6.45) is 0.156. The number of carbonyl (C=O) groups is 1. The lowest BCUT2D eigenvalue weighted by atomic mass is 10.2. The molecule has 1 N–H and O–H groups in total. The zero-order chi connectivity index (χ0) is 10.8. The highest BCUT2D eigenvalue weighted by atomic mass is 19.1. The number of amides is 1. The topological polar surface area (TPSA) is 40.5 Å². The van der Waals surface area contributed by atoms with E-state index in [2.05, 4.69) is 0 Å². The van der Waals surface area contributed by atoms with E-state index in [1.165, 1.54) is 18.2 Å². The summed E-state index contributed by atoms with van der Waals surface area (Å²) in [6.45, 7) is 0.881. The second-order valence-corrected chi connectivity index (χ2v) is 3.70. The van der Waals surface area contributed by atoms with Crippen molar-refractivity contribution in [2.45, 2.75) is 12.5 Å². The lowest BCUT2D eigenvalue weighted by Gasteiger charge is -2.15. The molecule has 3 nitrogen and oxygen atoms in total. The van der Waals surface area contributed by atoms with Gasteiger partial charge >= 0.3 is 0 Å². The highest BCUT2D eigenvalue weighted by Crippen LogP contribution is 2.14. The van der Waals surface area contributed by atoms with Crippen molar-refractivity contribution in [3.63, 3.8) is 0 Å². The number of hydrogen-bond acceptors (Lipinski definition) is 2. The molecule has 4 heteroatoms. The molecule has 1 aliphatic rings. The third kappa shape index (κ3) is 2.15. The summed E-state index contributed by atoms with van der Waals surface area (Å²) in [7, 11) is 0. The third-order valence-electron chi connectivity index (χ3n) is 2.52. The molecule has 80 valence electrons. The molecule has 1 amide bonds. The molecule has 1 aromatic rings. The van der Waals surface area contributed by atoms with Crippen LogP contribution in [0.15, 0.2) is 24.3 Å². The molecule has 1 heterocycles. The SMILES string of the molecule is O=C(c1cccc(F)c1)N1CC[C@@H](O)C1. The first-order valence-corrected chi connectivity index (χ1v) is 4.90. The van der Waals surface area contributed by atoms with Crippen LogP contribution in [0.3, 0.4) is 0 Å². The van der Waals surface area contributed by atoms with Gasteiger partial charge in [-0.05, 0) is 24.6 Å². The molecule has 0 radical (unpaired) electrons. The van der Waals surface area contributed by atoms with Gasteiger partial charge in [0, 0.05) is 18.7 Å². The normalized spacial score (nSPS) is 20.7. The van der Waals surface area contributed by atoms with Crippen molar-refractivity contribution in [2.24, 2.45) is 0 Å². The minimum atomic E-state index is -0.442. The highest BCUT2D eigenvalue weighted by molar-refractivity contribution is 5.94. The minimum absolute atomic E-state index is 0.217. The van der Waals surface area contributed by atoms with Crippen molar-refractivity contribution in [1.29, 1.82) is 0 Å². The van der Waals surface area contributed by atoms with E-state index in [4.69, 9.17) is 0 Å². The predicted octanol–water partition coefficient (Wildman–Crippen LogP) is 1.03. The van der Waals surface area contributed by atoms with Crippen molar-refractivity contribution in [3.05, 3.63) is 35.6 Å². The summed E-state index contributed by atoms with van der Waals surface area (Å²) in [6, 6.07) is 5.60. The smallest absolute Gasteiger partial charge is 0.254 e. The zero-order valence-electron chi connectivity index (χ0n) is 8.19. The molecule has 0 aliphatic carbocycles. The molecular formula is C11H12FNO2. The Morgan fingerprint density at radius 3 is 2.93 bits per heavy atom. The summed E-state index contributed by atoms with van der Waals surface area (Å²) in [4.78, 5) is 13.3. The van der Waals surface area contributed by atoms with Crippen molar-refractivity contribution in [1.82, 2.24) is 4.90 Å². The predicted molar refractivity (Wildman–Crippen MR) is 52.9 cm³/mol. The molecule has 0 saturated carbocycles. The van der Waals surface area contributed by atoms with Crippen LogP contribution in [-0.2, 0) is 0 Å². The molecule has 0 unspecified atom stereocenters. The Labute approximate surface area is 87.1 Å². The molecule has 0 aromatic heterocycles. The Morgan fingerprint density at radius 1 is 1.53 bits per heavy atom. The number of carbonyl (C=O) groups excluding carboxylic acids is 1. The number of nitrogens with zero attached hydrogens (tertiary/aromatic N) is 1. The molecule has 0 bridgehead atoms. The molecule has 1 atom stereocenters. The Kier molecular flexibility index (Phi) is 2.68. The summed E-state index contributed by atoms with van der Waals surface area (Å²) < 4.78 is 12.9. The molecule has 15 heavy (non-hydrogen) atoms. The van der Waals surface area contributed by atoms with Gasteiger partial charge in [0.2, 0.25) is 0 Å². The number of rotatable bonds is 1. The maximum absolute atomic E-state index is 12.9. The van der Waals surface area contributed by atoms with E-state index in [0.29, 0.717) is 25.1 Å². The molecule has 1 fully saturated rings. The van der Waals surface area contributed by atoms with Gasteiger partial charge < -0.3 is 10.0 Å². The van der Waals surface area contributed by atoms with Crippen LogP contribution in [-0.4, -0.2) is 35.1 Å². The number of β-amino-alcohol motifs (C(OH)–C–C–N with tert-alkyl or cyclic N) is 1. The van der Waals surface area contributed by atoms with Crippen LogP contribution in [0.2, 0.25) is 0 Å². The fourth-order valence-corrected chi connectivity index (χ4v) is 1.73. The Bertz CT molecular complexity index is 381. The van der Waals surface area contributed by atoms with Crippen molar-refractivity contribution >= 4 is 5.91 Å². The van der Waals surface area contributed by atoms with Crippen LogP contribution in [0.25, 0.3) is 0 Å². The molecule has 1 aliphatic heterocycles. The standard InChI is InChI=1S/C11H12FNO2/c12-9-3-1-2-8(6-9)11(15)13-5-4-10(14)7-13/h1-3,6,10,14H,4-5,7H2/t10-/m1/s1. The van der Waals surface area contributed by atoms with Crippen molar-refractivity contribution in [3.8, 4) is 0 Å². The Balaban J connectivity index is 2.14. The average Bonchev–Trinajstić information content (AvgIpc) is 2.64. The van der Waals surface area contributed by atoms with Gasteiger partial charge in [0.25, 0.3) is 5.91 Å². The number of likely N-dealkylation sites (tertiary alicyclic amines) is 1. The summed E-state index contributed by atoms with van der Waals surface area (Å²) in [5, 5.41) is 9.28. The number of halogens is 1. The molecule has 1 aromatic carbocycles. The monoisotopic (exact) mass is 209 g/mol. The fourth-order valence-electron chi connectivity index (χ4n) is 1.73. The first kappa shape index (κ1) is 10.1. The van der Waals surface area contributed by atoms with Crippen LogP contribution in [0.1, 0.15) is 16.8 Å². The largest absolute Gasteiger partial charge is 0.391 e. The van der Waals surface area contributed by atoms with E-state index in [-0.39, 0.29) is 5.91 Å². The van der Waals surface area contributed by atoms with E-state index in [0.717, 1.165) is 0 Å². The summed E-state index contributed by atoms with van der Waals surface area (Å²) in [5.41, 5.74) is 0.337. The maximum atomic E-state index is 12.9. The number of hydrogen-bond donors (Lipinski definition) is 1. The highest BCUT2D eigenvalue weighted by Gasteiger charge is 2.25. The minimum Gasteiger partial charge on any atom is -0.391 e. The van der Waals surface area contributed by atoms with Gasteiger partial charge in [0.05, 0.1) is 6.10 Å². The van der Waals surface area contributed by atoms with Gasteiger partial charge in [0.15, 0.2) is 0 Å². The zero-order valence-corrected chi connectivity index (χ0v) is 8.19. The lowest BCUT2D eigenvalue weighted by molar-refractivity contribution is 0.0764. The van der Waals surface area contributed by atoms with Crippen LogP contribution < -0.4 is 0 Å².